The monoisotopic (exact) mass is 407 g/mol. The highest BCUT2D eigenvalue weighted by Gasteiger charge is 2.31. The van der Waals surface area contributed by atoms with Crippen LogP contribution in [0.3, 0.4) is 0 Å². The molecule has 6 nitrogen and oxygen atoms in total. The molecule has 0 unspecified atom stereocenters. The van der Waals surface area contributed by atoms with E-state index < -0.39 is 0 Å². The van der Waals surface area contributed by atoms with Gasteiger partial charge in [-0.3, -0.25) is 4.79 Å². The maximum atomic E-state index is 13.0. The molecular weight excluding hydrogens is 386 g/mol. The van der Waals surface area contributed by atoms with E-state index in [9.17, 15) is 4.79 Å². The minimum Gasteiger partial charge on any atom is -0.486 e. The summed E-state index contributed by atoms with van der Waals surface area (Å²) in [5.74, 6) is 2.03. The first-order valence-corrected chi connectivity index (χ1v) is 10.8. The van der Waals surface area contributed by atoms with E-state index in [2.05, 4.69) is 10.2 Å². The molecule has 148 valence electrons. The summed E-state index contributed by atoms with van der Waals surface area (Å²) < 4.78 is 11.3. The number of benzene rings is 2. The highest BCUT2D eigenvalue weighted by Crippen LogP contribution is 2.38. The summed E-state index contributed by atoms with van der Waals surface area (Å²) in [7, 11) is 0. The maximum absolute atomic E-state index is 13.0. The molecule has 3 heterocycles. The molecule has 5 rings (SSSR count). The van der Waals surface area contributed by atoms with Gasteiger partial charge in [0.1, 0.15) is 18.2 Å². The van der Waals surface area contributed by atoms with E-state index in [0.29, 0.717) is 19.0 Å². The van der Waals surface area contributed by atoms with E-state index in [4.69, 9.17) is 9.47 Å². The van der Waals surface area contributed by atoms with Gasteiger partial charge in [-0.05, 0) is 30.5 Å². The van der Waals surface area contributed by atoms with E-state index in [1.807, 2.05) is 47.4 Å². The molecule has 1 atom stereocenters. The summed E-state index contributed by atoms with van der Waals surface area (Å²) >= 11 is 1.46. The smallest absolute Gasteiger partial charge is 0.233 e. The number of hydrogen-bond donors (Lipinski definition) is 0. The van der Waals surface area contributed by atoms with Crippen molar-refractivity contribution in [3.8, 4) is 11.5 Å². The van der Waals surface area contributed by atoms with Gasteiger partial charge in [-0.2, -0.15) is 5.10 Å². The molecule has 0 saturated carbocycles. The van der Waals surface area contributed by atoms with Crippen LogP contribution in [0.1, 0.15) is 24.4 Å². The third-order valence-electron chi connectivity index (χ3n) is 5.39. The number of carbonyl (C=O) groups excluding carboxylic acids is 1. The zero-order chi connectivity index (χ0) is 19.6. The second kappa shape index (κ2) is 7.91. The third kappa shape index (κ3) is 3.62. The van der Waals surface area contributed by atoms with Gasteiger partial charge in [-0.1, -0.05) is 42.1 Å². The number of amides is 1. The Morgan fingerprint density at radius 2 is 2.00 bits per heavy atom. The molecule has 3 aromatic rings. The van der Waals surface area contributed by atoms with Crippen LogP contribution in [0.2, 0.25) is 0 Å². The standard InChI is InChI=1S/C22H21N3O3S/c26-21(14-29-22-17-5-2-1-4-16(17)13-23-24-22)25-9-3-6-18(25)15-7-8-19-20(12-15)28-11-10-27-19/h1-2,4-5,7-8,12-13,18H,3,6,9-11,14H2/t18-/m0/s1. The molecule has 0 aliphatic carbocycles. The highest BCUT2D eigenvalue weighted by molar-refractivity contribution is 8.00. The Morgan fingerprint density at radius 3 is 2.93 bits per heavy atom. The highest BCUT2D eigenvalue weighted by atomic mass is 32.2. The van der Waals surface area contributed by atoms with Gasteiger partial charge in [0.15, 0.2) is 11.5 Å². The minimum absolute atomic E-state index is 0.0810. The number of hydrogen-bond acceptors (Lipinski definition) is 6. The van der Waals surface area contributed by atoms with Gasteiger partial charge in [0.25, 0.3) is 0 Å². The fourth-order valence-electron chi connectivity index (χ4n) is 4.00. The molecule has 0 N–H and O–H groups in total. The summed E-state index contributed by atoms with van der Waals surface area (Å²) in [6.45, 7) is 1.92. The Labute approximate surface area is 173 Å². The van der Waals surface area contributed by atoms with Gasteiger partial charge in [-0.15, -0.1) is 5.10 Å². The van der Waals surface area contributed by atoms with E-state index >= 15 is 0 Å². The lowest BCUT2D eigenvalue weighted by Crippen LogP contribution is -2.32. The average Bonchev–Trinajstić information content (AvgIpc) is 3.27. The van der Waals surface area contributed by atoms with Crippen LogP contribution in [0.15, 0.2) is 53.7 Å². The molecule has 1 fully saturated rings. The quantitative estimate of drug-likeness (QED) is 0.612. The van der Waals surface area contributed by atoms with Crippen molar-refractivity contribution in [2.45, 2.75) is 23.9 Å². The molecule has 0 bridgehead atoms. The van der Waals surface area contributed by atoms with Crippen LogP contribution >= 0.6 is 11.8 Å². The molecule has 1 aromatic heterocycles. The zero-order valence-electron chi connectivity index (χ0n) is 15.9. The molecule has 0 spiro atoms. The Morgan fingerprint density at radius 1 is 1.14 bits per heavy atom. The average molecular weight is 407 g/mol. The predicted octanol–water partition coefficient (Wildman–Crippen LogP) is 3.86. The summed E-state index contributed by atoms with van der Waals surface area (Å²) in [4.78, 5) is 15.0. The van der Waals surface area contributed by atoms with E-state index in [-0.39, 0.29) is 11.9 Å². The second-order valence-electron chi connectivity index (χ2n) is 7.17. The first-order chi connectivity index (χ1) is 14.3. The fourth-order valence-corrected chi connectivity index (χ4v) is 4.87. The van der Waals surface area contributed by atoms with Crippen molar-refractivity contribution in [2.75, 3.05) is 25.5 Å². The van der Waals surface area contributed by atoms with Gasteiger partial charge < -0.3 is 14.4 Å². The molecule has 1 saturated heterocycles. The lowest BCUT2D eigenvalue weighted by molar-refractivity contribution is -0.129. The minimum atomic E-state index is 0.0810. The molecule has 2 aliphatic rings. The third-order valence-corrected chi connectivity index (χ3v) is 6.36. The summed E-state index contributed by atoms with van der Waals surface area (Å²) in [6.07, 6.45) is 3.72. The number of carbonyl (C=O) groups is 1. The van der Waals surface area contributed by atoms with E-state index in [1.165, 1.54) is 11.8 Å². The van der Waals surface area contributed by atoms with Crippen LogP contribution in [0.5, 0.6) is 11.5 Å². The molecule has 29 heavy (non-hydrogen) atoms. The van der Waals surface area contributed by atoms with Crippen LogP contribution in [0, 0.1) is 0 Å². The van der Waals surface area contributed by atoms with Crippen molar-refractivity contribution in [3.63, 3.8) is 0 Å². The van der Waals surface area contributed by atoms with Crippen molar-refractivity contribution in [1.82, 2.24) is 15.1 Å². The van der Waals surface area contributed by atoms with Gasteiger partial charge in [0, 0.05) is 17.3 Å². The van der Waals surface area contributed by atoms with E-state index in [1.54, 1.807) is 6.20 Å². The Bertz CT molecular complexity index is 1050. The van der Waals surface area contributed by atoms with Gasteiger partial charge in [0.05, 0.1) is 18.0 Å². The molecule has 2 aromatic carbocycles. The lowest BCUT2D eigenvalue weighted by Gasteiger charge is -2.26. The molecular formula is C22H21N3O3S. The SMILES string of the molecule is O=C(CSc1nncc2ccccc12)N1CCC[C@H]1c1ccc2c(c1)OCCO2. The van der Waals surface area contributed by atoms with E-state index in [0.717, 1.165) is 52.2 Å². The van der Waals surface area contributed by atoms with Gasteiger partial charge in [0.2, 0.25) is 5.91 Å². The zero-order valence-corrected chi connectivity index (χ0v) is 16.7. The fraction of sp³-hybridized carbons (Fsp3) is 0.318. The first kappa shape index (κ1) is 18.2. The number of rotatable bonds is 4. The van der Waals surface area contributed by atoms with Crippen LogP contribution in [0.25, 0.3) is 10.8 Å². The number of ether oxygens (including phenoxy) is 2. The summed E-state index contributed by atoms with van der Waals surface area (Å²) in [6, 6.07) is 14.1. The normalized spacial score (nSPS) is 18.2. The van der Waals surface area contributed by atoms with Crippen molar-refractivity contribution >= 4 is 28.4 Å². The first-order valence-electron chi connectivity index (χ1n) is 9.82. The second-order valence-corrected chi connectivity index (χ2v) is 8.14. The van der Waals surface area contributed by atoms with Gasteiger partial charge in [-0.25, -0.2) is 0 Å². The number of thioether (sulfide) groups is 1. The lowest BCUT2D eigenvalue weighted by atomic mass is 10.0. The van der Waals surface area contributed by atoms with Crippen molar-refractivity contribution < 1.29 is 14.3 Å². The Kier molecular flexibility index (Phi) is 4.97. The Balaban J connectivity index is 1.31. The largest absolute Gasteiger partial charge is 0.486 e. The number of likely N-dealkylation sites (tertiary alicyclic amines) is 1. The van der Waals surface area contributed by atoms with Crippen LogP contribution < -0.4 is 9.47 Å². The molecule has 2 aliphatic heterocycles. The topological polar surface area (TPSA) is 64.6 Å². The van der Waals surface area contributed by atoms with Crippen molar-refractivity contribution in [2.24, 2.45) is 0 Å². The molecule has 7 heteroatoms. The van der Waals surface area contributed by atoms with Crippen LogP contribution in [-0.4, -0.2) is 46.5 Å². The van der Waals surface area contributed by atoms with Gasteiger partial charge >= 0.3 is 0 Å². The number of fused-ring (bicyclic) bond motifs is 2. The Hall–Kier alpha value is -2.80. The maximum Gasteiger partial charge on any atom is 0.233 e. The van der Waals surface area contributed by atoms with Crippen LogP contribution in [0.4, 0.5) is 0 Å². The van der Waals surface area contributed by atoms with Crippen molar-refractivity contribution in [3.05, 3.63) is 54.2 Å². The molecule has 1 amide bonds. The number of nitrogens with zero attached hydrogens (tertiary/aromatic N) is 3. The summed E-state index contributed by atoms with van der Waals surface area (Å²) in [5, 5.41) is 11.2. The predicted molar refractivity (Wildman–Crippen MR) is 111 cm³/mol. The number of aromatic nitrogens is 2. The van der Waals surface area contributed by atoms with Crippen molar-refractivity contribution in [1.29, 1.82) is 0 Å². The molecule has 0 radical (unpaired) electrons. The summed E-state index contributed by atoms with van der Waals surface area (Å²) in [5.41, 5.74) is 1.11. The van der Waals surface area contributed by atoms with Crippen LogP contribution in [-0.2, 0) is 4.79 Å².